The fourth-order valence-corrected chi connectivity index (χ4v) is 1.84. The van der Waals surface area contributed by atoms with E-state index in [1.807, 2.05) is 0 Å². The molecule has 0 fully saturated rings. The van der Waals surface area contributed by atoms with Crippen LogP contribution in [0.2, 0.25) is 0 Å². The number of hydrogen-bond donors (Lipinski definition) is 2. The van der Waals surface area contributed by atoms with E-state index >= 15 is 0 Å². The molecule has 1 atom stereocenters. The lowest BCUT2D eigenvalue weighted by atomic mass is 9.97. The molecule has 0 amide bonds. The number of hydrazine groups is 1. The molecule has 0 bridgehead atoms. The lowest BCUT2D eigenvalue weighted by Crippen LogP contribution is -2.29. The minimum absolute atomic E-state index is 0.214. The molecular formula is C13H21FN2O. The van der Waals surface area contributed by atoms with Gasteiger partial charge in [-0.3, -0.25) is 11.3 Å². The summed E-state index contributed by atoms with van der Waals surface area (Å²) in [5, 5.41) is 0. The Morgan fingerprint density at radius 3 is 2.59 bits per heavy atom. The van der Waals surface area contributed by atoms with Crippen LogP contribution in [0.4, 0.5) is 4.39 Å². The molecule has 0 aliphatic carbocycles. The predicted octanol–water partition coefficient (Wildman–Crippen LogP) is 2.77. The minimum Gasteiger partial charge on any atom is -0.496 e. The van der Waals surface area contributed by atoms with Crippen LogP contribution in [0.25, 0.3) is 0 Å². The van der Waals surface area contributed by atoms with Crippen molar-refractivity contribution in [2.24, 2.45) is 11.8 Å². The molecule has 3 nitrogen and oxygen atoms in total. The van der Waals surface area contributed by atoms with E-state index in [9.17, 15) is 4.39 Å². The van der Waals surface area contributed by atoms with Gasteiger partial charge in [-0.05, 0) is 30.9 Å². The number of halogens is 1. The Morgan fingerprint density at radius 2 is 2.06 bits per heavy atom. The molecule has 1 rings (SSSR count). The van der Waals surface area contributed by atoms with E-state index in [2.05, 4.69) is 19.3 Å². The Morgan fingerprint density at radius 1 is 1.35 bits per heavy atom. The highest BCUT2D eigenvalue weighted by molar-refractivity contribution is 5.37. The van der Waals surface area contributed by atoms with Crippen LogP contribution in [0.5, 0.6) is 5.75 Å². The summed E-state index contributed by atoms with van der Waals surface area (Å²) in [6.45, 7) is 4.26. The van der Waals surface area contributed by atoms with Crippen LogP contribution in [0.1, 0.15) is 38.3 Å². The fraction of sp³-hybridized carbons (Fsp3) is 0.538. The van der Waals surface area contributed by atoms with Crippen molar-refractivity contribution in [3.8, 4) is 5.75 Å². The summed E-state index contributed by atoms with van der Waals surface area (Å²) >= 11 is 0. The molecule has 96 valence electrons. The Hall–Kier alpha value is -1.13. The Labute approximate surface area is 102 Å². The number of nitrogens with one attached hydrogen (secondary N) is 1. The highest BCUT2D eigenvalue weighted by atomic mass is 19.1. The first kappa shape index (κ1) is 13.9. The predicted molar refractivity (Wildman–Crippen MR) is 67.1 cm³/mol. The normalized spacial score (nSPS) is 12.8. The van der Waals surface area contributed by atoms with Gasteiger partial charge >= 0.3 is 0 Å². The average molecular weight is 240 g/mol. The number of hydrogen-bond acceptors (Lipinski definition) is 3. The zero-order valence-electron chi connectivity index (χ0n) is 10.7. The SMILES string of the molecule is COc1cccc(F)c1C(CCC(C)C)NN. The quantitative estimate of drug-likeness (QED) is 0.593. The number of ether oxygens (including phenoxy) is 1. The molecule has 4 heteroatoms. The first-order chi connectivity index (χ1) is 8.10. The second-order valence-electron chi connectivity index (χ2n) is 4.55. The average Bonchev–Trinajstić information content (AvgIpc) is 2.31. The van der Waals surface area contributed by atoms with Gasteiger partial charge in [0.05, 0.1) is 13.2 Å². The molecule has 3 N–H and O–H groups in total. The smallest absolute Gasteiger partial charge is 0.131 e. The molecule has 1 unspecified atom stereocenters. The molecule has 0 aliphatic heterocycles. The van der Waals surface area contributed by atoms with E-state index < -0.39 is 0 Å². The largest absolute Gasteiger partial charge is 0.496 e. The van der Waals surface area contributed by atoms with Crippen LogP contribution in [0, 0.1) is 11.7 Å². The highest BCUT2D eigenvalue weighted by Gasteiger charge is 2.19. The molecule has 17 heavy (non-hydrogen) atoms. The fourth-order valence-electron chi connectivity index (χ4n) is 1.84. The molecule has 0 heterocycles. The second-order valence-corrected chi connectivity index (χ2v) is 4.55. The number of nitrogens with two attached hydrogens (primary N) is 1. The lowest BCUT2D eigenvalue weighted by molar-refractivity contribution is 0.377. The first-order valence-corrected chi connectivity index (χ1v) is 5.88. The molecule has 0 saturated heterocycles. The van der Waals surface area contributed by atoms with Crippen LogP contribution >= 0.6 is 0 Å². The van der Waals surface area contributed by atoms with Crippen molar-refractivity contribution in [1.29, 1.82) is 0 Å². The van der Waals surface area contributed by atoms with E-state index in [0.29, 0.717) is 17.2 Å². The van der Waals surface area contributed by atoms with Crippen LogP contribution in [-0.2, 0) is 0 Å². The Bertz CT molecular complexity index is 355. The monoisotopic (exact) mass is 240 g/mol. The summed E-state index contributed by atoms with van der Waals surface area (Å²) in [6, 6.07) is 4.59. The number of methoxy groups -OCH3 is 1. The van der Waals surface area contributed by atoms with Gasteiger partial charge in [-0.2, -0.15) is 0 Å². The molecule has 0 spiro atoms. The Balaban J connectivity index is 2.94. The van der Waals surface area contributed by atoms with Crippen molar-refractivity contribution >= 4 is 0 Å². The molecule has 1 aromatic carbocycles. The van der Waals surface area contributed by atoms with Gasteiger partial charge in [0, 0.05) is 5.56 Å². The van der Waals surface area contributed by atoms with Gasteiger partial charge in [0.15, 0.2) is 0 Å². The van der Waals surface area contributed by atoms with Crippen LogP contribution in [0.3, 0.4) is 0 Å². The number of benzene rings is 1. The third kappa shape index (κ3) is 3.68. The second kappa shape index (κ2) is 6.57. The van der Waals surface area contributed by atoms with E-state index in [-0.39, 0.29) is 11.9 Å². The van der Waals surface area contributed by atoms with Crippen molar-refractivity contribution in [2.45, 2.75) is 32.7 Å². The van der Waals surface area contributed by atoms with Crippen molar-refractivity contribution in [1.82, 2.24) is 5.43 Å². The third-order valence-electron chi connectivity index (χ3n) is 2.82. The highest BCUT2D eigenvalue weighted by Crippen LogP contribution is 2.30. The number of rotatable bonds is 6. The summed E-state index contributed by atoms with van der Waals surface area (Å²) < 4.78 is 19.0. The molecule has 0 saturated carbocycles. The summed E-state index contributed by atoms with van der Waals surface area (Å²) in [5.74, 6) is 6.33. The van der Waals surface area contributed by atoms with E-state index in [4.69, 9.17) is 10.6 Å². The van der Waals surface area contributed by atoms with Crippen molar-refractivity contribution in [2.75, 3.05) is 7.11 Å². The van der Waals surface area contributed by atoms with E-state index in [1.165, 1.54) is 13.2 Å². The zero-order chi connectivity index (χ0) is 12.8. The first-order valence-electron chi connectivity index (χ1n) is 5.88. The minimum atomic E-state index is -0.281. The van der Waals surface area contributed by atoms with Gasteiger partial charge in [0.25, 0.3) is 0 Å². The maximum absolute atomic E-state index is 13.8. The van der Waals surface area contributed by atoms with E-state index in [0.717, 1.165) is 12.8 Å². The van der Waals surface area contributed by atoms with E-state index in [1.54, 1.807) is 12.1 Å². The van der Waals surface area contributed by atoms with Crippen molar-refractivity contribution in [3.05, 3.63) is 29.6 Å². The molecule has 1 aromatic rings. The maximum Gasteiger partial charge on any atom is 0.131 e. The third-order valence-corrected chi connectivity index (χ3v) is 2.82. The van der Waals surface area contributed by atoms with Gasteiger partial charge in [-0.1, -0.05) is 19.9 Å². The van der Waals surface area contributed by atoms with Crippen LogP contribution < -0.4 is 16.0 Å². The molecule has 0 aromatic heterocycles. The van der Waals surface area contributed by atoms with Gasteiger partial charge in [-0.15, -0.1) is 0 Å². The summed E-state index contributed by atoms with van der Waals surface area (Å²) in [4.78, 5) is 0. The summed E-state index contributed by atoms with van der Waals surface area (Å²) in [6.07, 6.45) is 1.76. The summed E-state index contributed by atoms with van der Waals surface area (Å²) in [7, 11) is 1.54. The topological polar surface area (TPSA) is 47.3 Å². The van der Waals surface area contributed by atoms with Gasteiger partial charge in [-0.25, -0.2) is 4.39 Å². The van der Waals surface area contributed by atoms with Crippen molar-refractivity contribution in [3.63, 3.8) is 0 Å². The molecule has 0 radical (unpaired) electrons. The summed E-state index contributed by atoms with van der Waals surface area (Å²) in [5.41, 5.74) is 3.18. The van der Waals surface area contributed by atoms with Crippen molar-refractivity contribution < 1.29 is 9.13 Å². The van der Waals surface area contributed by atoms with Crippen LogP contribution in [-0.4, -0.2) is 7.11 Å². The maximum atomic E-state index is 13.8. The molecular weight excluding hydrogens is 219 g/mol. The Kier molecular flexibility index (Phi) is 5.38. The van der Waals surface area contributed by atoms with Gasteiger partial charge in [0.2, 0.25) is 0 Å². The standard InChI is InChI=1S/C13H21FN2O/c1-9(2)7-8-11(16-15)13-10(14)5-4-6-12(13)17-3/h4-6,9,11,16H,7-8,15H2,1-3H3. The zero-order valence-corrected chi connectivity index (χ0v) is 10.7. The lowest BCUT2D eigenvalue weighted by Gasteiger charge is -2.20. The molecule has 0 aliphatic rings. The van der Waals surface area contributed by atoms with Crippen LogP contribution in [0.15, 0.2) is 18.2 Å². The van der Waals surface area contributed by atoms with Gasteiger partial charge in [0.1, 0.15) is 11.6 Å². The van der Waals surface area contributed by atoms with Gasteiger partial charge < -0.3 is 4.74 Å².